The molecule has 3 aliphatic rings. The van der Waals surface area contributed by atoms with Crippen molar-refractivity contribution in [2.24, 2.45) is 0 Å². The molecule has 0 spiro atoms. The highest BCUT2D eigenvalue weighted by Gasteiger charge is 2.45. The SMILES string of the molecule is O=C1c2c(O)c(=O)ccn2N([C@H]2c3ccccc3Cn3ccc4cccc2c43)[C@@H]2COCCN12. The number of amides is 1. The average Bonchev–Trinajstić information content (AvgIpc) is 3.21. The summed E-state index contributed by atoms with van der Waals surface area (Å²) in [5.74, 6) is -0.880. The monoisotopic (exact) mass is 454 g/mol. The highest BCUT2D eigenvalue weighted by Crippen LogP contribution is 2.41. The normalized spacial score (nSPS) is 21.1. The zero-order chi connectivity index (χ0) is 23.0. The Morgan fingerprint density at radius 2 is 1.79 bits per heavy atom. The highest BCUT2D eigenvalue weighted by molar-refractivity contribution is 5.96. The summed E-state index contributed by atoms with van der Waals surface area (Å²) in [6.07, 6.45) is 3.30. The van der Waals surface area contributed by atoms with Gasteiger partial charge in [0.2, 0.25) is 5.43 Å². The van der Waals surface area contributed by atoms with Gasteiger partial charge in [0.15, 0.2) is 11.4 Å². The molecule has 8 heteroatoms. The summed E-state index contributed by atoms with van der Waals surface area (Å²) < 4.78 is 9.77. The fourth-order valence-electron chi connectivity index (χ4n) is 5.76. The number of benzene rings is 2. The van der Waals surface area contributed by atoms with Gasteiger partial charge in [-0.3, -0.25) is 19.3 Å². The third-order valence-corrected chi connectivity index (χ3v) is 7.24. The van der Waals surface area contributed by atoms with Crippen molar-refractivity contribution in [1.82, 2.24) is 14.1 Å². The Balaban J connectivity index is 1.57. The van der Waals surface area contributed by atoms with Gasteiger partial charge in [-0.05, 0) is 22.6 Å². The zero-order valence-corrected chi connectivity index (χ0v) is 18.3. The fraction of sp³-hybridized carbons (Fsp3) is 0.231. The van der Waals surface area contributed by atoms with E-state index in [1.165, 1.54) is 11.6 Å². The molecule has 0 radical (unpaired) electrons. The molecule has 0 bridgehead atoms. The van der Waals surface area contributed by atoms with E-state index in [0.717, 1.165) is 28.6 Å². The second-order valence-electron chi connectivity index (χ2n) is 8.99. The van der Waals surface area contributed by atoms with Crippen molar-refractivity contribution < 1.29 is 14.6 Å². The number of carbonyl (C=O) groups is 1. The Morgan fingerprint density at radius 3 is 2.71 bits per heavy atom. The largest absolute Gasteiger partial charge is 0.502 e. The van der Waals surface area contributed by atoms with Gasteiger partial charge < -0.3 is 19.3 Å². The van der Waals surface area contributed by atoms with E-state index in [9.17, 15) is 14.7 Å². The minimum absolute atomic E-state index is 0.00469. The first kappa shape index (κ1) is 19.4. The van der Waals surface area contributed by atoms with Gasteiger partial charge in [-0.1, -0.05) is 42.5 Å². The van der Waals surface area contributed by atoms with Crippen molar-refractivity contribution >= 4 is 16.8 Å². The van der Waals surface area contributed by atoms with Crippen LogP contribution >= 0.6 is 0 Å². The summed E-state index contributed by atoms with van der Waals surface area (Å²) >= 11 is 0. The number of pyridine rings is 1. The molecule has 1 amide bonds. The van der Waals surface area contributed by atoms with E-state index in [0.29, 0.717) is 19.8 Å². The summed E-state index contributed by atoms with van der Waals surface area (Å²) in [6, 6.07) is 17.8. The molecule has 2 aromatic heterocycles. The number of para-hydroxylation sites is 1. The molecule has 0 unspecified atom stereocenters. The van der Waals surface area contributed by atoms with Crippen LogP contribution in [0.4, 0.5) is 0 Å². The van der Waals surface area contributed by atoms with Crippen LogP contribution in [-0.2, 0) is 11.3 Å². The lowest BCUT2D eigenvalue weighted by atomic mass is 9.93. The van der Waals surface area contributed by atoms with Crippen molar-refractivity contribution in [3.63, 3.8) is 0 Å². The first-order valence-corrected chi connectivity index (χ1v) is 11.4. The van der Waals surface area contributed by atoms with Crippen LogP contribution in [0, 0.1) is 0 Å². The number of aromatic hydroxyl groups is 1. The van der Waals surface area contributed by atoms with Crippen molar-refractivity contribution in [2.45, 2.75) is 18.8 Å². The van der Waals surface area contributed by atoms with Crippen LogP contribution in [0.25, 0.3) is 10.9 Å². The molecule has 1 saturated heterocycles. The molecular weight excluding hydrogens is 432 g/mol. The summed E-state index contributed by atoms with van der Waals surface area (Å²) in [7, 11) is 0. The lowest BCUT2D eigenvalue weighted by Crippen LogP contribution is -2.66. The molecule has 5 heterocycles. The Hall–Kier alpha value is -4.04. The van der Waals surface area contributed by atoms with Gasteiger partial charge in [-0.25, -0.2) is 0 Å². The number of aromatic nitrogens is 2. The highest BCUT2D eigenvalue weighted by atomic mass is 16.5. The number of ether oxygens (including phenoxy) is 1. The lowest BCUT2D eigenvalue weighted by molar-refractivity contribution is -0.0196. The van der Waals surface area contributed by atoms with Crippen LogP contribution < -0.4 is 10.4 Å². The first-order chi connectivity index (χ1) is 16.6. The number of rotatable bonds is 1. The quantitative estimate of drug-likeness (QED) is 0.478. The maximum atomic E-state index is 13.4. The molecule has 8 nitrogen and oxygen atoms in total. The minimum Gasteiger partial charge on any atom is -0.502 e. The van der Waals surface area contributed by atoms with Gasteiger partial charge in [0.1, 0.15) is 12.2 Å². The maximum Gasteiger partial charge on any atom is 0.278 e. The van der Waals surface area contributed by atoms with Crippen molar-refractivity contribution in [3.8, 4) is 5.75 Å². The molecule has 0 aliphatic carbocycles. The van der Waals surface area contributed by atoms with Crippen molar-refractivity contribution in [2.75, 3.05) is 24.8 Å². The van der Waals surface area contributed by atoms with Gasteiger partial charge in [-0.2, -0.15) is 0 Å². The van der Waals surface area contributed by atoms with Crippen LogP contribution in [0.15, 0.2) is 71.8 Å². The van der Waals surface area contributed by atoms with E-state index >= 15 is 0 Å². The second kappa shape index (κ2) is 6.98. The van der Waals surface area contributed by atoms with E-state index in [1.807, 2.05) is 12.1 Å². The summed E-state index contributed by atoms with van der Waals surface area (Å²) in [5, 5.41) is 13.9. The Morgan fingerprint density at radius 1 is 0.941 bits per heavy atom. The molecule has 2 aromatic carbocycles. The third-order valence-electron chi connectivity index (χ3n) is 7.24. The number of fused-ring (bicyclic) bond motifs is 3. The van der Waals surface area contributed by atoms with E-state index in [1.54, 1.807) is 15.8 Å². The van der Waals surface area contributed by atoms with Crippen LogP contribution in [0.5, 0.6) is 5.75 Å². The molecule has 170 valence electrons. The van der Waals surface area contributed by atoms with E-state index in [-0.39, 0.29) is 17.6 Å². The van der Waals surface area contributed by atoms with Crippen LogP contribution in [0.1, 0.15) is 33.2 Å². The molecule has 3 aliphatic heterocycles. The lowest BCUT2D eigenvalue weighted by Gasteiger charge is -2.51. The Kier molecular flexibility index (Phi) is 3.99. The Bertz CT molecular complexity index is 1540. The average molecular weight is 454 g/mol. The topological polar surface area (TPSA) is 79.9 Å². The van der Waals surface area contributed by atoms with Crippen LogP contribution in [0.2, 0.25) is 0 Å². The smallest absolute Gasteiger partial charge is 0.278 e. The molecule has 34 heavy (non-hydrogen) atoms. The fourth-order valence-corrected chi connectivity index (χ4v) is 5.76. The number of morpholine rings is 1. The molecule has 0 saturated carbocycles. The van der Waals surface area contributed by atoms with Gasteiger partial charge >= 0.3 is 0 Å². The second-order valence-corrected chi connectivity index (χ2v) is 8.99. The van der Waals surface area contributed by atoms with Gasteiger partial charge in [-0.15, -0.1) is 0 Å². The maximum absolute atomic E-state index is 13.4. The van der Waals surface area contributed by atoms with Crippen molar-refractivity contribution in [1.29, 1.82) is 0 Å². The number of nitrogens with zero attached hydrogens (tertiary/aromatic N) is 4. The summed E-state index contributed by atoms with van der Waals surface area (Å²) in [6.45, 7) is 1.85. The summed E-state index contributed by atoms with van der Waals surface area (Å²) in [4.78, 5) is 27.5. The number of carbonyl (C=O) groups excluding carboxylic acids is 1. The Labute approximate surface area is 194 Å². The zero-order valence-electron chi connectivity index (χ0n) is 18.3. The molecule has 7 rings (SSSR count). The predicted molar refractivity (Wildman–Crippen MR) is 126 cm³/mol. The van der Waals surface area contributed by atoms with E-state index in [2.05, 4.69) is 52.2 Å². The molecule has 1 fully saturated rings. The molecule has 4 aromatic rings. The first-order valence-electron chi connectivity index (χ1n) is 11.4. The van der Waals surface area contributed by atoms with Crippen LogP contribution in [-0.4, -0.2) is 51.1 Å². The standard InChI is InChI=1S/C26H22N4O4/c31-20-9-11-29-24(25(20)32)26(33)28-12-13-34-15-21(28)30(29)23-18-6-2-1-4-17(18)14-27-10-8-16-5-3-7-19(23)22(16)27/h1-11,21,23,32H,12-15H2/t21-,23+/m1/s1. The summed E-state index contributed by atoms with van der Waals surface area (Å²) in [5.41, 5.74) is 3.95. The van der Waals surface area contributed by atoms with Crippen LogP contribution in [0.3, 0.4) is 0 Å². The molecule has 1 N–H and O–H groups in total. The third kappa shape index (κ3) is 2.51. The van der Waals surface area contributed by atoms with E-state index < -0.39 is 17.3 Å². The van der Waals surface area contributed by atoms with E-state index in [4.69, 9.17) is 4.74 Å². The molecular formula is C26H22N4O4. The van der Waals surface area contributed by atoms with Crippen molar-refractivity contribution in [3.05, 3.63) is 99.6 Å². The molecule has 2 atom stereocenters. The number of hydrogen-bond donors (Lipinski definition) is 1. The van der Waals surface area contributed by atoms with Gasteiger partial charge in [0, 0.05) is 37.1 Å². The van der Waals surface area contributed by atoms with Gasteiger partial charge in [0.05, 0.1) is 18.7 Å². The predicted octanol–water partition coefficient (Wildman–Crippen LogP) is 2.41. The minimum atomic E-state index is -0.566. The number of hydrogen-bond acceptors (Lipinski definition) is 5. The van der Waals surface area contributed by atoms with Gasteiger partial charge in [0.25, 0.3) is 5.91 Å².